The number of likely N-dealkylation sites (N-methyl/N-ethyl adjacent to an activating group) is 1. The van der Waals surface area contributed by atoms with Crippen molar-refractivity contribution in [1.29, 1.82) is 0 Å². The van der Waals surface area contributed by atoms with Crippen LogP contribution in [0.2, 0.25) is 0 Å². The molecule has 0 amide bonds. The van der Waals surface area contributed by atoms with Crippen molar-refractivity contribution in [3.63, 3.8) is 0 Å². The molecule has 0 spiro atoms. The fourth-order valence-electron chi connectivity index (χ4n) is 5.70. The molecule has 2 aromatic rings. The lowest BCUT2D eigenvalue weighted by Crippen LogP contribution is -2.44. The van der Waals surface area contributed by atoms with E-state index in [9.17, 15) is 18.3 Å². The maximum atomic E-state index is 13.7. The van der Waals surface area contributed by atoms with Crippen LogP contribution in [0.3, 0.4) is 0 Å². The minimum absolute atomic E-state index is 0.0105. The summed E-state index contributed by atoms with van der Waals surface area (Å²) in [5, 5.41) is 14.9. The Morgan fingerprint density at radius 1 is 1.07 bits per heavy atom. The highest BCUT2D eigenvalue weighted by molar-refractivity contribution is 7.89. The first kappa shape index (κ1) is 32.4. The van der Waals surface area contributed by atoms with Crippen LogP contribution in [0.5, 0.6) is 5.75 Å². The average molecular weight is 605 g/mol. The number of hydrogen-bond donors (Lipinski definition) is 2. The molecule has 11 heteroatoms. The predicted molar refractivity (Wildman–Crippen MR) is 157 cm³/mol. The molecule has 10 nitrogen and oxygen atoms in total. The summed E-state index contributed by atoms with van der Waals surface area (Å²) in [4.78, 5) is 13.4. The molecule has 42 heavy (non-hydrogen) atoms. The van der Waals surface area contributed by atoms with Gasteiger partial charge in [0.15, 0.2) is 6.29 Å². The summed E-state index contributed by atoms with van der Waals surface area (Å²) in [6.45, 7) is 7.40. The highest BCUT2D eigenvalue weighted by Gasteiger charge is 2.49. The number of esters is 1. The lowest BCUT2D eigenvalue weighted by atomic mass is 9.90. The van der Waals surface area contributed by atoms with Crippen molar-refractivity contribution in [3.8, 4) is 5.75 Å². The second-order valence-corrected chi connectivity index (χ2v) is 13.4. The standard InChI is InChI=1S/C31H44N2O8S/c1-5-32-26-19-39-31-30(26)28(20-40-31)41-29(35)16-23(15-22-9-7-6-8-10-22)27(34)18-33(17-21(2)3)42(36,37)25-13-11-24(38-4)12-14-25/h6-14,21,23,26-28,30-32,34H,5,15-20H2,1-4H3/t23-,26+,27-,28+,30+,31-/m1/s1. The van der Waals surface area contributed by atoms with Crippen LogP contribution in [0, 0.1) is 17.8 Å². The van der Waals surface area contributed by atoms with Gasteiger partial charge >= 0.3 is 5.97 Å². The third-order valence-electron chi connectivity index (χ3n) is 7.79. The maximum absolute atomic E-state index is 13.7. The summed E-state index contributed by atoms with van der Waals surface area (Å²) in [6, 6.07) is 15.8. The number of aliphatic hydroxyl groups excluding tert-OH is 1. The molecule has 2 saturated heterocycles. The van der Waals surface area contributed by atoms with Gasteiger partial charge in [-0.3, -0.25) is 4.79 Å². The van der Waals surface area contributed by atoms with Crippen molar-refractivity contribution in [2.45, 2.75) is 63.0 Å². The van der Waals surface area contributed by atoms with Crippen LogP contribution >= 0.6 is 0 Å². The van der Waals surface area contributed by atoms with Crippen molar-refractivity contribution >= 4 is 16.0 Å². The Labute approximate surface area is 249 Å². The van der Waals surface area contributed by atoms with Gasteiger partial charge in [0, 0.05) is 25.0 Å². The molecule has 2 fully saturated rings. The molecule has 0 aliphatic carbocycles. The Hall–Kier alpha value is -2.54. The summed E-state index contributed by atoms with van der Waals surface area (Å²) in [6.07, 6.45) is -1.69. The van der Waals surface area contributed by atoms with Crippen LogP contribution < -0.4 is 10.1 Å². The van der Waals surface area contributed by atoms with Gasteiger partial charge in [0.05, 0.1) is 43.7 Å². The zero-order chi connectivity index (χ0) is 30.3. The number of hydrogen-bond acceptors (Lipinski definition) is 9. The average Bonchev–Trinajstić information content (AvgIpc) is 3.56. The topological polar surface area (TPSA) is 124 Å². The number of nitrogens with one attached hydrogen (secondary N) is 1. The monoisotopic (exact) mass is 604 g/mol. The Morgan fingerprint density at radius 2 is 1.76 bits per heavy atom. The number of carbonyl (C=O) groups is 1. The fourth-order valence-corrected chi connectivity index (χ4v) is 7.32. The largest absolute Gasteiger partial charge is 0.497 e. The maximum Gasteiger partial charge on any atom is 0.306 e. The molecule has 4 rings (SSSR count). The Balaban J connectivity index is 1.51. The zero-order valence-corrected chi connectivity index (χ0v) is 25.7. The van der Waals surface area contributed by atoms with Gasteiger partial charge in [-0.2, -0.15) is 4.31 Å². The van der Waals surface area contributed by atoms with Gasteiger partial charge in [0.1, 0.15) is 11.9 Å². The number of carbonyl (C=O) groups excluding carboxylic acids is 1. The highest BCUT2D eigenvalue weighted by atomic mass is 32.2. The van der Waals surface area contributed by atoms with Gasteiger partial charge in [-0.15, -0.1) is 0 Å². The van der Waals surface area contributed by atoms with Crippen molar-refractivity contribution in [2.24, 2.45) is 17.8 Å². The minimum atomic E-state index is -3.93. The van der Waals surface area contributed by atoms with E-state index in [1.165, 1.54) is 23.5 Å². The zero-order valence-electron chi connectivity index (χ0n) is 24.8. The van der Waals surface area contributed by atoms with Crippen LogP contribution in [-0.4, -0.2) is 88.3 Å². The lowest BCUT2D eigenvalue weighted by molar-refractivity contribution is -0.153. The molecule has 2 aliphatic rings. The van der Waals surface area contributed by atoms with Gasteiger partial charge in [0.2, 0.25) is 10.0 Å². The van der Waals surface area contributed by atoms with E-state index in [4.69, 9.17) is 18.9 Å². The molecule has 232 valence electrons. The molecule has 0 radical (unpaired) electrons. The minimum Gasteiger partial charge on any atom is -0.497 e. The van der Waals surface area contributed by atoms with Crippen LogP contribution in [-0.2, 0) is 35.4 Å². The summed E-state index contributed by atoms with van der Waals surface area (Å²) in [5.41, 5.74) is 0.934. The lowest BCUT2D eigenvalue weighted by Gasteiger charge is -2.30. The van der Waals surface area contributed by atoms with Gasteiger partial charge in [0.25, 0.3) is 0 Å². The third-order valence-corrected chi connectivity index (χ3v) is 9.64. The quantitative estimate of drug-likeness (QED) is 0.296. The SMILES string of the molecule is CCN[C@H]1CO[C@@H]2OC[C@H](OC(=O)C[C@@H](Cc3ccccc3)[C@H](O)CN(CC(C)C)S(=O)(=O)c3ccc(OC)cc3)[C@@H]21. The van der Waals surface area contributed by atoms with Crippen molar-refractivity contribution in [2.75, 3.05) is 40.0 Å². The summed E-state index contributed by atoms with van der Waals surface area (Å²) < 4.78 is 51.2. The van der Waals surface area contributed by atoms with E-state index >= 15 is 0 Å². The number of benzene rings is 2. The molecule has 0 bridgehead atoms. The van der Waals surface area contributed by atoms with Crippen LogP contribution in [0.4, 0.5) is 0 Å². The molecule has 6 atom stereocenters. The number of rotatable bonds is 15. The molecule has 2 heterocycles. The van der Waals surface area contributed by atoms with Gasteiger partial charge in [-0.25, -0.2) is 8.42 Å². The first-order chi connectivity index (χ1) is 20.1. The smallest absolute Gasteiger partial charge is 0.306 e. The van der Waals surface area contributed by atoms with E-state index in [0.717, 1.165) is 12.1 Å². The second-order valence-electron chi connectivity index (χ2n) is 11.4. The summed E-state index contributed by atoms with van der Waals surface area (Å²) in [5.74, 6) is -0.590. The van der Waals surface area contributed by atoms with Crippen LogP contribution in [0.25, 0.3) is 0 Å². The molecule has 2 aromatic carbocycles. The molecular weight excluding hydrogens is 560 g/mol. The Bertz CT molecular complexity index is 1240. The van der Waals surface area contributed by atoms with Crippen LogP contribution in [0.1, 0.15) is 32.8 Å². The first-order valence-electron chi connectivity index (χ1n) is 14.6. The third kappa shape index (κ3) is 8.09. The molecule has 2 aliphatic heterocycles. The fraction of sp³-hybridized carbons (Fsp3) is 0.581. The van der Waals surface area contributed by atoms with Gasteiger partial charge < -0.3 is 29.4 Å². The summed E-state index contributed by atoms with van der Waals surface area (Å²) >= 11 is 0. The number of aliphatic hydroxyl groups is 1. The molecule has 0 unspecified atom stereocenters. The highest BCUT2D eigenvalue weighted by Crippen LogP contribution is 2.34. The van der Waals surface area contributed by atoms with Crippen LogP contribution in [0.15, 0.2) is 59.5 Å². The Kier molecular flexibility index (Phi) is 11.4. The molecular formula is C31H44N2O8S. The molecule has 0 saturated carbocycles. The number of fused-ring (bicyclic) bond motifs is 1. The van der Waals surface area contributed by atoms with E-state index < -0.39 is 40.4 Å². The summed E-state index contributed by atoms with van der Waals surface area (Å²) in [7, 11) is -2.41. The Morgan fingerprint density at radius 3 is 2.40 bits per heavy atom. The van der Waals surface area contributed by atoms with Crippen molar-refractivity contribution in [1.82, 2.24) is 9.62 Å². The first-order valence-corrected chi connectivity index (χ1v) is 16.1. The normalized spacial score (nSPS) is 23.6. The number of nitrogens with zero attached hydrogens (tertiary/aromatic N) is 1. The van der Waals surface area contributed by atoms with E-state index in [2.05, 4.69) is 5.32 Å². The molecule has 0 aromatic heterocycles. The number of sulfonamides is 1. The van der Waals surface area contributed by atoms with E-state index in [1.807, 2.05) is 51.1 Å². The number of ether oxygens (including phenoxy) is 4. The van der Waals surface area contributed by atoms with E-state index in [1.54, 1.807) is 12.1 Å². The number of methoxy groups -OCH3 is 1. The van der Waals surface area contributed by atoms with Crippen molar-refractivity contribution < 1.29 is 37.3 Å². The van der Waals surface area contributed by atoms with E-state index in [-0.39, 0.29) is 48.9 Å². The van der Waals surface area contributed by atoms with Crippen molar-refractivity contribution in [3.05, 3.63) is 60.2 Å². The predicted octanol–water partition coefficient (Wildman–Crippen LogP) is 2.84. The molecule has 2 N–H and O–H groups in total. The van der Waals surface area contributed by atoms with E-state index in [0.29, 0.717) is 18.8 Å². The van der Waals surface area contributed by atoms with Gasteiger partial charge in [-0.1, -0.05) is 51.1 Å². The van der Waals surface area contributed by atoms with Gasteiger partial charge in [-0.05, 0) is 48.7 Å². The second kappa shape index (κ2) is 14.8.